The van der Waals surface area contributed by atoms with Crippen molar-refractivity contribution in [2.75, 3.05) is 13.1 Å². The van der Waals surface area contributed by atoms with Gasteiger partial charge < -0.3 is 10.0 Å². The highest BCUT2D eigenvalue weighted by Gasteiger charge is 2.49. The molecule has 2 aliphatic rings. The van der Waals surface area contributed by atoms with Gasteiger partial charge in [-0.3, -0.25) is 9.59 Å². The highest BCUT2D eigenvalue weighted by Crippen LogP contribution is 2.40. The van der Waals surface area contributed by atoms with E-state index in [0.29, 0.717) is 19.5 Å². The summed E-state index contributed by atoms with van der Waals surface area (Å²) in [5.74, 6) is -1.60. The zero-order valence-corrected chi connectivity index (χ0v) is 13.0. The van der Waals surface area contributed by atoms with E-state index in [1.165, 1.54) is 22.3 Å². The van der Waals surface area contributed by atoms with Gasteiger partial charge in [-0.2, -0.15) is 0 Å². The summed E-state index contributed by atoms with van der Waals surface area (Å²) >= 11 is 0. The first-order chi connectivity index (χ1) is 10.5. The zero-order valence-electron chi connectivity index (χ0n) is 13.0. The monoisotopic (exact) mass is 299 g/mol. The number of benzene rings is 1. The minimum atomic E-state index is -0.846. The quantitative estimate of drug-likeness (QED) is 0.933. The molecule has 2 atom stereocenters. The SMILES string of the molecule is Cc1cc(C)cc(C2=CCN(C(=O)C3CC3C(=O)O)CC2)c1. The third-order valence-corrected chi connectivity index (χ3v) is 4.54. The number of aliphatic carboxylic acids is 1. The standard InChI is InChI=1S/C18H21NO3/c1-11-7-12(2)9-14(8-11)13-3-5-19(6-4-13)17(20)15-10-16(15)18(21)22/h3,7-9,15-16H,4-6,10H2,1-2H3,(H,21,22). The second kappa shape index (κ2) is 5.59. The summed E-state index contributed by atoms with van der Waals surface area (Å²) in [6, 6.07) is 6.51. The lowest BCUT2D eigenvalue weighted by molar-refractivity contribution is -0.141. The summed E-state index contributed by atoms with van der Waals surface area (Å²) in [6.07, 6.45) is 3.44. The number of hydrogen-bond donors (Lipinski definition) is 1. The molecule has 1 fully saturated rings. The molecule has 1 amide bonds. The van der Waals surface area contributed by atoms with Crippen LogP contribution in [0.5, 0.6) is 0 Å². The van der Waals surface area contributed by atoms with E-state index in [4.69, 9.17) is 5.11 Å². The van der Waals surface area contributed by atoms with Gasteiger partial charge in [-0.15, -0.1) is 0 Å². The summed E-state index contributed by atoms with van der Waals surface area (Å²) in [5.41, 5.74) is 5.01. The third kappa shape index (κ3) is 2.91. The van der Waals surface area contributed by atoms with Gasteiger partial charge in [-0.05, 0) is 37.8 Å². The molecule has 0 bridgehead atoms. The maximum Gasteiger partial charge on any atom is 0.307 e. The minimum absolute atomic E-state index is 0.00289. The number of nitrogens with zero attached hydrogens (tertiary/aromatic N) is 1. The van der Waals surface area contributed by atoms with Gasteiger partial charge in [0.2, 0.25) is 5.91 Å². The van der Waals surface area contributed by atoms with Gasteiger partial charge in [0.25, 0.3) is 0 Å². The number of amides is 1. The molecule has 1 aliphatic heterocycles. The Bertz CT molecular complexity index is 642. The largest absolute Gasteiger partial charge is 0.481 e. The number of carbonyl (C=O) groups is 2. The second-order valence-corrected chi connectivity index (χ2v) is 6.43. The molecule has 0 spiro atoms. The lowest BCUT2D eigenvalue weighted by Gasteiger charge is -2.27. The number of carbonyl (C=O) groups excluding carboxylic acids is 1. The molecule has 1 heterocycles. The Morgan fingerprint density at radius 1 is 1.14 bits per heavy atom. The molecule has 1 saturated carbocycles. The van der Waals surface area contributed by atoms with E-state index >= 15 is 0 Å². The first kappa shape index (κ1) is 14.8. The van der Waals surface area contributed by atoms with E-state index in [2.05, 4.69) is 38.1 Å². The van der Waals surface area contributed by atoms with Gasteiger partial charge in [0, 0.05) is 13.1 Å². The first-order valence-electron chi connectivity index (χ1n) is 7.75. The van der Waals surface area contributed by atoms with Gasteiger partial charge in [0.1, 0.15) is 0 Å². The van der Waals surface area contributed by atoms with Crippen molar-refractivity contribution >= 4 is 17.4 Å². The summed E-state index contributed by atoms with van der Waals surface area (Å²) < 4.78 is 0. The molecular formula is C18H21NO3. The predicted octanol–water partition coefficient (Wildman–Crippen LogP) is 2.64. The zero-order chi connectivity index (χ0) is 15.9. The van der Waals surface area contributed by atoms with Crippen molar-refractivity contribution in [3.8, 4) is 0 Å². The number of hydrogen-bond acceptors (Lipinski definition) is 2. The maximum absolute atomic E-state index is 12.3. The van der Waals surface area contributed by atoms with E-state index in [1.807, 2.05) is 0 Å². The molecule has 0 saturated heterocycles. The molecule has 2 unspecified atom stereocenters. The smallest absolute Gasteiger partial charge is 0.307 e. The second-order valence-electron chi connectivity index (χ2n) is 6.43. The van der Waals surface area contributed by atoms with Crippen molar-refractivity contribution < 1.29 is 14.7 Å². The Labute approximate surface area is 130 Å². The lowest BCUT2D eigenvalue weighted by Crippen LogP contribution is -2.36. The van der Waals surface area contributed by atoms with E-state index in [9.17, 15) is 9.59 Å². The average Bonchev–Trinajstić information content (AvgIpc) is 3.26. The maximum atomic E-state index is 12.3. The van der Waals surface area contributed by atoms with Crippen molar-refractivity contribution in [3.05, 3.63) is 41.0 Å². The molecule has 0 radical (unpaired) electrons. The van der Waals surface area contributed by atoms with Crippen LogP contribution in [0.25, 0.3) is 5.57 Å². The molecule has 0 aromatic heterocycles. The van der Waals surface area contributed by atoms with Crippen LogP contribution in [0.4, 0.5) is 0 Å². The third-order valence-electron chi connectivity index (χ3n) is 4.54. The van der Waals surface area contributed by atoms with Crippen LogP contribution < -0.4 is 0 Å². The van der Waals surface area contributed by atoms with Crippen molar-refractivity contribution in [2.45, 2.75) is 26.7 Å². The van der Waals surface area contributed by atoms with Gasteiger partial charge in [0.15, 0.2) is 0 Å². The van der Waals surface area contributed by atoms with Crippen LogP contribution in [0.3, 0.4) is 0 Å². The molecule has 116 valence electrons. The molecule has 1 aromatic carbocycles. The molecule has 1 N–H and O–H groups in total. The van der Waals surface area contributed by atoms with E-state index in [-0.39, 0.29) is 11.8 Å². The van der Waals surface area contributed by atoms with Gasteiger partial charge in [0.05, 0.1) is 11.8 Å². The Kier molecular flexibility index (Phi) is 3.77. The average molecular weight is 299 g/mol. The highest BCUT2D eigenvalue weighted by atomic mass is 16.4. The van der Waals surface area contributed by atoms with Crippen molar-refractivity contribution in [1.29, 1.82) is 0 Å². The lowest BCUT2D eigenvalue weighted by atomic mass is 9.96. The van der Waals surface area contributed by atoms with Crippen molar-refractivity contribution in [1.82, 2.24) is 4.90 Å². The number of carboxylic acid groups (broad SMARTS) is 1. The molecular weight excluding hydrogens is 278 g/mol. The summed E-state index contributed by atoms with van der Waals surface area (Å²) in [4.78, 5) is 24.9. The summed E-state index contributed by atoms with van der Waals surface area (Å²) in [7, 11) is 0. The molecule has 22 heavy (non-hydrogen) atoms. The Morgan fingerprint density at radius 3 is 2.32 bits per heavy atom. The van der Waals surface area contributed by atoms with Crippen LogP contribution in [0.1, 0.15) is 29.5 Å². The summed E-state index contributed by atoms with van der Waals surface area (Å²) in [6.45, 7) is 5.45. The molecule has 4 heteroatoms. The van der Waals surface area contributed by atoms with E-state index < -0.39 is 11.9 Å². The molecule has 4 nitrogen and oxygen atoms in total. The molecule has 3 rings (SSSR count). The van der Waals surface area contributed by atoms with Gasteiger partial charge in [-0.25, -0.2) is 0 Å². The van der Waals surface area contributed by atoms with Gasteiger partial charge in [-0.1, -0.05) is 35.4 Å². The van der Waals surface area contributed by atoms with Crippen LogP contribution >= 0.6 is 0 Å². The van der Waals surface area contributed by atoms with Crippen LogP contribution in [0.15, 0.2) is 24.3 Å². The van der Waals surface area contributed by atoms with Crippen LogP contribution in [-0.2, 0) is 9.59 Å². The van der Waals surface area contributed by atoms with Crippen molar-refractivity contribution in [2.24, 2.45) is 11.8 Å². The van der Waals surface area contributed by atoms with Crippen LogP contribution in [0.2, 0.25) is 0 Å². The minimum Gasteiger partial charge on any atom is -0.481 e. The fourth-order valence-corrected chi connectivity index (χ4v) is 3.27. The van der Waals surface area contributed by atoms with Gasteiger partial charge >= 0.3 is 5.97 Å². The Balaban J connectivity index is 1.67. The van der Waals surface area contributed by atoms with Crippen molar-refractivity contribution in [3.63, 3.8) is 0 Å². The topological polar surface area (TPSA) is 57.6 Å². The molecule has 1 aromatic rings. The highest BCUT2D eigenvalue weighted by molar-refractivity contribution is 5.90. The Hall–Kier alpha value is -2.10. The van der Waals surface area contributed by atoms with Crippen LogP contribution in [0, 0.1) is 25.7 Å². The van der Waals surface area contributed by atoms with Crippen LogP contribution in [-0.4, -0.2) is 35.0 Å². The summed E-state index contributed by atoms with van der Waals surface area (Å²) in [5, 5.41) is 8.93. The predicted molar refractivity (Wildman–Crippen MR) is 84.3 cm³/mol. The fourth-order valence-electron chi connectivity index (χ4n) is 3.27. The first-order valence-corrected chi connectivity index (χ1v) is 7.75. The molecule has 1 aliphatic carbocycles. The van der Waals surface area contributed by atoms with E-state index in [1.54, 1.807) is 4.90 Å². The number of carboxylic acids is 1. The van der Waals surface area contributed by atoms with E-state index in [0.717, 1.165) is 6.42 Å². The normalized spacial score (nSPS) is 23.9. The fraction of sp³-hybridized carbons (Fsp3) is 0.444. The Morgan fingerprint density at radius 2 is 1.82 bits per heavy atom. The number of rotatable bonds is 3. The number of aryl methyl sites for hydroxylation is 2.